The minimum absolute atomic E-state index is 0.286. The molecule has 0 heterocycles. The van der Waals surface area contributed by atoms with Gasteiger partial charge in [0.15, 0.2) is 0 Å². The molecule has 0 bridgehead atoms. The van der Waals surface area contributed by atoms with Crippen LogP contribution in [0.3, 0.4) is 0 Å². The van der Waals surface area contributed by atoms with Crippen LogP contribution < -0.4 is 10.5 Å². The quantitative estimate of drug-likeness (QED) is 0.599. The second kappa shape index (κ2) is 8.83. The predicted octanol–water partition coefficient (Wildman–Crippen LogP) is 2.16. The van der Waals surface area contributed by atoms with Gasteiger partial charge in [-0.1, -0.05) is 38.0 Å². The van der Waals surface area contributed by atoms with Crippen LogP contribution >= 0.6 is 0 Å². The molecular formula is C16H24N2O2S. The van der Waals surface area contributed by atoms with Crippen molar-refractivity contribution in [1.82, 2.24) is 4.72 Å². The third-order valence-electron chi connectivity index (χ3n) is 3.16. The summed E-state index contributed by atoms with van der Waals surface area (Å²) in [7, 11) is -3.43. The van der Waals surface area contributed by atoms with Crippen LogP contribution in [-0.4, -0.2) is 21.5 Å². The van der Waals surface area contributed by atoms with E-state index in [2.05, 4.69) is 23.5 Å². The largest absolute Gasteiger partial charge is 0.320 e. The number of nitrogens with two attached hydrogens (primary N) is 1. The number of hydrogen-bond acceptors (Lipinski definition) is 3. The van der Waals surface area contributed by atoms with E-state index in [-0.39, 0.29) is 4.90 Å². The normalized spacial score (nSPS) is 11.0. The van der Waals surface area contributed by atoms with E-state index in [4.69, 9.17) is 5.73 Å². The average Bonchev–Trinajstić information content (AvgIpc) is 2.45. The van der Waals surface area contributed by atoms with Gasteiger partial charge in [-0.25, -0.2) is 13.1 Å². The molecule has 0 radical (unpaired) electrons. The smallest absolute Gasteiger partial charge is 0.240 e. The Bertz CT molecular complexity index is 613. The van der Waals surface area contributed by atoms with Crippen LogP contribution in [0.4, 0.5) is 0 Å². The van der Waals surface area contributed by atoms with Crippen molar-refractivity contribution in [3.05, 3.63) is 29.3 Å². The zero-order chi connectivity index (χ0) is 15.7. The zero-order valence-corrected chi connectivity index (χ0v) is 13.6. The van der Waals surface area contributed by atoms with Gasteiger partial charge in [-0.2, -0.15) is 0 Å². The highest BCUT2D eigenvalue weighted by Gasteiger charge is 2.13. The molecule has 0 fully saturated rings. The number of nitrogens with one attached hydrogen (secondary N) is 1. The summed E-state index contributed by atoms with van der Waals surface area (Å²) in [5.41, 5.74) is 6.98. The maximum Gasteiger partial charge on any atom is 0.240 e. The molecule has 1 aromatic carbocycles. The second-order valence-corrected chi connectivity index (χ2v) is 6.71. The Morgan fingerprint density at radius 2 is 2.00 bits per heavy atom. The van der Waals surface area contributed by atoms with E-state index in [0.717, 1.165) is 36.8 Å². The first-order valence-electron chi connectivity index (χ1n) is 7.30. The molecule has 0 aliphatic carbocycles. The molecule has 0 amide bonds. The molecule has 0 unspecified atom stereocenters. The third-order valence-corrected chi connectivity index (χ3v) is 4.61. The van der Waals surface area contributed by atoms with Crippen molar-refractivity contribution in [2.75, 3.05) is 13.1 Å². The van der Waals surface area contributed by atoms with Gasteiger partial charge in [0.2, 0.25) is 10.0 Å². The lowest BCUT2D eigenvalue weighted by atomic mass is 10.1. The first-order valence-corrected chi connectivity index (χ1v) is 8.79. The zero-order valence-electron chi connectivity index (χ0n) is 12.8. The van der Waals surface area contributed by atoms with Crippen LogP contribution in [0.2, 0.25) is 0 Å². The lowest BCUT2D eigenvalue weighted by Crippen LogP contribution is -2.24. The van der Waals surface area contributed by atoms with Gasteiger partial charge in [-0.15, -0.1) is 0 Å². The summed E-state index contributed by atoms with van der Waals surface area (Å²) in [5, 5.41) is 0. The van der Waals surface area contributed by atoms with Gasteiger partial charge in [0.1, 0.15) is 0 Å². The van der Waals surface area contributed by atoms with Crippen LogP contribution in [0.1, 0.15) is 43.7 Å². The highest BCUT2D eigenvalue weighted by atomic mass is 32.2. The summed E-state index contributed by atoms with van der Waals surface area (Å²) < 4.78 is 27.0. The van der Waals surface area contributed by atoms with E-state index in [0.29, 0.717) is 13.1 Å². The standard InChI is InChI=1S/C16H24N2O2S/c1-3-4-5-6-12-18-21(19,20)16-10-9-15(8-7-11-17)14(2)13-16/h9-10,13,18H,3-6,11-12,17H2,1-2H3. The van der Waals surface area contributed by atoms with Crippen molar-refractivity contribution in [2.24, 2.45) is 5.73 Å². The van der Waals surface area contributed by atoms with Crippen molar-refractivity contribution < 1.29 is 8.42 Å². The number of benzene rings is 1. The van der Waals surface area contributed by atoms with Gasteiger partial charge in [0.25, 0.3) is 0 Å². The van der Waals surface area contributed by atoms with Gasteiger partial charge < -0.3 is 5.73 Å². The average molecular weight is 308 g/mol. The Morgan fingerprint density at radius 3 is 2.62 bits per heavy atom. The van der Waals surface area contributed by atoms with Gasteiger partial charge in [0.05, 0.1) is 11.4 Å². The molecule has 116 valence electrons. The lowest BCUT2D eigenvalue weighted by molar-refractivity contribution is 0.573. The highest BCUT2D eigenvalue weighted by molar-refractivity contribution is 7.89. The first kappa shape index (κ1) is 17.7. The van der Waals surface area contributed by atoms with E-state index >= 15 is 0 Å². The Kier molecular flexibility index (Phi) is 7.44. The van der Waals surface area contributed by atoms with E-state index in [1.807, 2.05) is 6.92 Å². The summed E-state index contributed by atoms with van der Waals surface area (Å²) in [6, 6.07) is 4.96. The second-order valence-electron chi connectivity index (χ2n) is 4.94. The van der Waals surface area contributed by atoms with Gasteiger partial charge in [-0.05, 0) is 37.1 Å². The van der Waals surface area contributed by atoms with Gasteiger partial charge in [0, 0.05) is 12.1 Å². The summed E-state index contributed by atoms with van der Waals surface area (Å²) >= 11 is 0. The van der Waals surface area contributed by atoms with Crippen LogP contribution in [0.5, 0.6) is 0 Å². The predicted molar refractivity (Wildman–Crippen MR) is 86.4 cm³/mol. The molecule has 1 rings (SSSR count). The minimum atomic E-state index is -3.43. The van der Waals surface area contributed by atoms with Gasteiger partial charge in [-0.3, -0.25) is 0 Å². The Hall–Kier alpha value is -1.35. The molecular weight excluding hydrogens is 284 g/mol. The van der Waals surface area contributed by atoms with Crippen molar-refractivity contribution in [3.63, 3.8) is 0 Å². The fourth-order valence-electron chi connectivity index (χ4n) is 1.93. The molecule has 0 saturated carbocycles. The number of aryl methyl sites for hydroxylation is 1. The molecule has 0 aromatic heterocycles. The maximum absolute atomic E-state index is 12.2. The molecule has 1 aromatic rings. The Morgan fingerprint density at radius 1 is 1.24 bits per heavy atom. The topological polar surface area (TPSA) is 72.2 Å². The number of unbranched alkanes of at least 4 members (excludes halogenated alkanes) is 3. The van der Waals surface area contributed by atoms with Crippen molar-refractivity contribution in [1.29, 1.82) is 0 Å². The summed E-state index contributed by atoms with van der Waals surface area (Å²) in [5.74, 6) is 5.70. The molecule has 5 heteroatoms. The summed E-state index contributed by atoms with van der Waals surface area (Å²) in [6.07, 6.45) is 4.18. The maximum atomic E-state index is 12.2. The fraction of sp³-hybridized carbons (Fsp3) is 0.500. The summed E-state index contributed by atoms with van der Waals surface area (Å²) in [4.78, 5) is 0.286. The lowest BCUT2D eigenvalue weighted by Gasteiger charge is -2.08. The van der Waals surface area contributed by atoms with Crippen LogP contribution in [0.15, 0.2) is 23.1 Å². The summed E-state index contributed by atoms with van der Waals surface area (Å²) in [6.45, 7) is 4.75. The molecule has 0 spiro atoms. The Labute approximate surface area is 128 Å². The van der Waals surface area contributed by atoms with Crippen LogP contribution in [0.25, 0.3) is 0 Å². The van der Waals surface area contributed by atoms with Crippen molar-refractivity contribution >= 4 is 10.0 Å². The molecule has 0 aliphatic heterocycles. The minimum Gasteiger partial charge on any atom is -0.320 e. The third kappa shape index (κ3) is 5.88. The molecule has 4 nitrogen and oxygen atoms in total. The SMILES string of the molecule is CCCCCCNS(=O)(=O)c1ccc(C#CCN)c(C)c1. The van der Waals surface area contributed by atoms with Crippen molar-refractivity contribution in [2.45, 2.75) is 44.4 Å². The number of rotatable bonds is 7. The van der Waals surface area contributed by atoms with Crippen LogP contribution in [-0.2, 0) is 10.0 Å². The molecule has 0 atom stereocenters. The van der Waals surface area contributed by atoms with Gasteiger partial charge >= 0.3 is 0 Å². The van der Waals surface area contributed by atoms with E-state index < -0.39 is 10.0 Å². The number of sulfonamides is 1. The molecule has 0 saturated heterocycles. The fourth-order valence-corrected chi connectivity index (χ4v) is 3.09. The van der Waals surface area contributed by atoms with Crippen molar-refractivity contribution in [3.8, 4) is 11.8 Å². The Balaban J connectivity index is 2.73. The molecule has 21 heavy (non-hydrogen) atoms. The monoisotopic (exact) mass is 308 g/mol. The van der Waals surface area contributed by atoms with E-state index in [1.165, 1.54) is 0 Å². The van der Waals surface area contributed by atoms with E-state index in [9.17, 15) is 8.42 Å². The number of hydrogen-bond donors (Lipinski definition) is 2. The first-order chi connectivity index (χ1) is 10.0. The molecule has 0 aliphatic rings. The van der Waals surface area contributed by atoms with Crippen LogP contribution in [0, 0.1) is 18.8 Å². The van der Waals surface area contributed by atoms with E-state index in [1.54, 1.807) is 18.2 Å². The molecule has 3 N–H and O–H groups in total. The highest BCUT2D eigenvalue weighted by Crippen LogP contribution is 2.15.